The van der Waals surface area contributed by atoms with Crippen LogP contribution in [-0.4, -0.2) is 18.4 Å². The number of hydrogen-bond acceptors (Lipinski definition) is 5. The number of rotatable bonds is 4. The fourth-order valence-corrected chi connectivity index (χ4v) is 3.42. The summed E-state index contributed by atoms with van der Waals surface area (Å²) in [5, 5.41) is -0.0997. The van der Waals surface area contributed by atoms with Crippen molar-refractivity contribution >= 4 is 44.7 Å². The molecule has 2 rings (SSSR count). The van der Waals surface area contributed by atoms with Gasteiger partial charge in [-0.2, -0.15) is 0 Å². The molecule has 112 valence electrons. The van der Waals surface area contributed by atoms with Crippen molar-refractivity contribution in [2.45, 2.75) is 18.2 Å². The molecule has 0 radical (unpaired) electrons. The molecule has 0 atom stereocenters. The second-order valence-electron chi connectivity index (χ2n) is 4.15. The van der Waals surface area contributed by atoms with Crippen molar-refractivity contribution in [1.29, 1.82) is 0 Å². The Kier molecular flexibility index (Phi) is 4.55. The van der Waals surface area contributed by atoms with E-state index in [9.17, 15) is 8.42 Å². The zero-order valence-electron chi connectivity index (χ0n) is 11.0. The van der Waals surface area contributed by atoms with Gasteiger partial charge >= 0.3 is 0 Å². The highest BCUT2D eigenvalue weighted by molar-refractivity contribution is 7.92. The van der Waals surface area contributed by atoms with E-state index in [1.807, 2.05) is 6.92 Å². The van der Waals surface area contributed by atoms with Gasteiger partial charge in [-0.1, -0.05) is 36.2 Å². The highest BCUT2D eigenvalue weighted by atomic mass is 35.5. The van der Waals surface area contributed by atoms with Gasteiger partial charge in [-0.3, -0.25) is 4.72 Å². The second kappa shape index (κ2) is 6.05. The lowest BCUT2D eigenvalue weighted by Crippen LogP contribution is -2.16. The van der Waals surface area contributed by atoms with E-state index in [-0.39, 0.29) is 20.9 Å². The third-order valence-electron chi connectivity index (χ3n) is 2.74. The summed E-state index contributed by atoms with van der Waals surface area (Å²) in [5.41, 5.74) is 6.64. The Morgan fingerprint density at radius 3 is 2.67 bits per heavy atom. The van der Waals surface area contributed by atoms with Crippen LogP contribution in [0, 0.1) is 0 Å². The average molecular weight is 347 g/mol. The molecular weight excluding hydrogens is 335 g/mol. The first-order chi connectivity index (χ1) is 9.85. The van der Waals surface area contributed by atoms with Crippen LogP contribution in [0.5, 0.6) is 0 Å². The summed E-state index contributed by atoms with van der Waals surface area (Å²) < 4.78 is 27.2. The molecule has 0 fully saturated rings. The standard InChI is InChI=1S/C12H12Cl2N4O2S/c1-2-7-3-4-8(15)5-9(7)21(19,20)18-12-10(13)11(14)16-6-17-12/h3-6H,2,15H2,1H3,(H,16,17,18). The van der Waals surface area contributed by atoms with Gasteiger partial charge in [0.1, 0.15) is 11.3 Å². The summed E-state index contributed by atoms with van der Waals surface area (Å²) in [6.45, 7) is 1.85. The van der Waals surface area contributed by atoms with Crippen LogP contribution < -0.4 is 10.5 Å². The number of nitrogens with two attached hydrogens (primary N) is 1. The third kappa shape index (κ3) is 3.37. The lowest BCUT2D eigenvalue weighted by molar-refractivity contribution is 0.600. The zero-order valence-corrected chi connectivity index (χ0v) is 13.3. The highest BCUT2D eigenvalue weighted by Gasteiger charge is 2.21. The Morgan fingerprint density at radius 1 is 1.29 bits per heavy atom. The number of halogens is 2. The predicted octanol–water partition coefficient (Wildman–Crippen LogP) is 2.73. The van der Waals surface area contributed by atoms with Crippen molar-refractivity contribution in [3.63, 3.8) is 0 Å². The summed E-state index contributed by atoms with van der Waals surface area (Å²) in [4.78, 5) is 7.52. The summed E-state index contributed by atoms with van der Waals surface area (Å²) in [7, 11) is -3.88. The van der Waals surface area contributed by atoms with E-state index < -0.39 is 10.0 Å². The Hall–Kier alpha value is -1.57. The van der Waals surface area contributed by atoms with Crippen LogP contribution in [-0.2, 0) is 16.4 Å². The van der Waals surface area contributed by atoms with Crippen LogP contribution in [0.4, 0.5) is 11.5 Å². The van der Waals surface area contributed by atoms with E-state index in [2.05, 4.69) is 14.7 Å². The Balaban J connectivity index is 2.48. The van der Waals surface area contributed by atoms with Crippen molar-refractivity contribution < 1.29 is 8.42 Å². The number of nitrogens with zero attached hydrogens (tertiary/aromatic N) is 2. The predicted molar refractivity (Wildman–Crippen MR) is 83.1 cm³/mol. The van der Waals surface area contributed by atoms with Crippen LogP contribution >= 0.6 is 23.2 Å². The average Bonchev–Trinajstić information content (AvgIpc) is 2.44. The normalized spacial score (nSPS) is 11.4. The van der Waals surface area contributed by atoms with Crippen LogP contribution in [0.1, 0.15) is 12.5 Å². The molecule has 9 heteroatoms. The minimum absolute atomic E-state index is 0.0346. The molecule has 0 spiro atoms. The van der Waals surface area contributed by atoms with Gasteiger partial charge in [0, 0.05) is 5.69 Å². The van der Waals surface area contributed by atoms with Crippen molar-refractivity contribution in [3.05, 3.63) is 40.3 Å². The van der Waals surface area contributed by atoms with Gasteiger partial charge in [0.2, 0.25) is 0 Å². The number of aromatic nitrogens is 2. The molecule has 0 saturated carbocycles. The van der Waals surface area contributed by atoms with Crippen LogP contribution in [0.25, 0.3) is 0 Å². The second-order valence-corrected chi connectivity index (χ2v) is 6.54. The summed E-state index contributed by atoms with van der Waals surface area (Å²) >= 11 is 11.6. The van der Waals surface area contributed by atoms with Gasteiger partial charge in [0.15, 0.2) is 11.0 Å². The third-order valence-corrected chi connectivity index (χ3v) is 4.90. The largest absolute Gasteiger partial charge is 0.399 e. The molecule has 0 bridgehead atoms. The minimum Gasteiger partial charge on any atom is -0.399 e. The van der Waals surface area contributed by atoms with Crippen molar-refractivity contribution in [2.24, 2.45) is 0 Å². The lowest BCUT2D eigenvalue weighted by atomic mass is 10.1. The molecule has 2 aromatic rings. The Morgan fingerprint density at radius 2 is 2.00 bits per heavy atom. The van der Waals surface area contributed by atoms with E-state index >= 15 is 0 Å². The monoisotopic (exact) mass is 346 g/mol. The topological polar surface area (TPSA) is 98.0 Å². The SMILES string of the molecule is CCc1ccc(N)cc1S(=O)(=O)Nc1ncnc(Cl)c1Cl. The summed E-state index contributed by atoms with van der Waals surface area (Å²) in [6.07, 6.45) is 1.65. The van der Waals surface area contributed by atoms with Gasteiger partial charge in [-0.05, 0) is 24.1 Å². The van der Waals surface area contributed by atoms with Crippen LogP contribution in [0.15, 0.2) is 29.4 Å². The molecule has 0 aliphatic carbocycles. The number of sulfonamides is 1. The van der Waals surface area contributed by atoms with Gasteiger partial charge < -0.3 is 5.73 Å². The number of aryl methyl sites for hydroxylation is 1. The summed E-state index contributed by atoms with van der Waals surface area (Å²) in [5.74, 6) is -0.0823. The molecule has 6 nitrogen and oxygen atoms in total. The maximum atomic E-state index is 12.5. The highest BCUT2D eigenvalue weighted by Crippen LogP contribution is 2.28. The number of nitrogen functional groups attached to an aromatic ring is 1. The smallest absolute Gasteiger partial charge is 0.263 e. The van der Waals surface area contributed by atoms with Crippen LogP contribution in [0.3, 0.4) is 0 Å². The molecule has 0 unspecified atom stereocenters. The quantitative estimate of drug-likeness (QED) is 0.655. The first kappa shape index (κ1) is 15.8. The molecule has 1 heterocycles. The van der Waals surface area contributed by atoms with Gasteiger partial charge in [0.25, 0.3) is 10.0 Å². The number of anilines is 2. The van der Waals surface area contributed by atoms with E-state index in [0.717, 1.165) is 6.33 Å². The minimum atomic E-state index is -3.88. The molecule has 0 aliphatic rings. The molecular formula is C12H12Cl2N4O2S. The van der Waals surface area contributed by atoms with Gasteiger partial charge in [-0.25, -0.2) is 18.4 Å². The van der Waals surface area contributed by atoms with Gasteiger partial charge in [0.05, 0.1) is 4.90 Å². The fourth-order valence-electron chi connectivity index (χ4n) is 1.72. The van der Waals surface area contributed by atoms with Crippen molar-refractivity contribution in [3.8, 4) is 0 Å². The summed E-state index contributed by atoms with van der Waals surface area (Å²) in [6, 6.07) is 4.70. The van der Waals surface area contributed by atoms with Gasteiger partial charge in [-0.15, -0.1) is 0 Å². The first-order valence-electron chi connectivity index (χ1n) is 5.92. The number of hydrogen-bond donors (Lipinski definition) is 2. The molecule has 1 aromatic heterocycles. The number of benzene rings is 1. The van der Waals surface area contributed by atoms with E-state index in [4.69, 9.17) is 28.9 Å². The van der Waals surface area contributed by atoms with Crippen LogP contribution in [0.2, 0.25) is 10.2 Å². The molecule has 0 aliphatic heterocycles. The number of nitrogens with one attached hydrogen (secondary N) is 1. The zero-order chi connectivity index (χ0) is 15.6. The first-order valence-corrected chi connectivity index (χ1v) is 8.16. The van der Waals surface area contributed by atoms with E-state index in [1.165, 1.54) is 6.07 Å². The fraction of sp³-hybridized carbons (Fsp3) is 0.167. The van der Waals surface area contributed by atoms with E-state index in [1.54, 1.807) is 12.1 Å². The van der Waals surface area contributed by atoms with Crippen molar-refractivity contribution in [1.82, 2.24) is 9.97 Å². The Labute approximate surface area is 132 Å². The maximum Gasteiger partial charge on any atom is 0.263 e. The molecule has 21 heavy (non-hydrogen) atoms. The molecule has 0 saturated heterocycles. The maximum absolute atomic E-state index is 12.5. The Bertz CT molecular complexity index is 781. The molecule has 3 N–H and O–H groups in total. The molecule has 1 aromatic carbocycles. The molecule has 0 amide bonds. The van der Waals surface area contributed by atoms with E-state index in [0.29, 0.717) is 17.7 Å². The van der Waals surface area contributed by atoms with Crippen molar-refractivity contribution in [2.75, 3.05) is 10.5 Å². The lowest BCUT2D eigenvalue weighted by Gasteiger charge is -2.12.